The Kier molecular flexibility index (Phi) is 3.71. The fourth-order valence-corrected chi connectivity index (χ4v) is 2.24. The Hall–Kier alpha value is -1.76. The number of rotatable bonds is 3. The van der Waals surface area contributed by atoms with Crippen LogP contribution in [0.3, 0.4) is 0 Å². The van der Waals surface area contributed by atoms with Crippen molar-refractivity contribution in [3.63, 3.8) is 0 Å². The third kappa shape index (κ3) is 2.56. The van der Waals surface area contributed by atoms with Gasteiger partial charge in [0.05, 0.1) is 4.92 Å². The lowest BCUT2D eigenvalue weighted by molar-refractivity contribution is -0.385. The van der Waals surface area contributed by atoms with Gasteiger partial charge in [0.25, 0.3) is 0 Å². The summed E-state index contributed by atoms with van der Waals surface area (Å²) >= 11 is 0. The second-order valence-corrected chi connectivity index (χ2v) is 4.57. The van der Waals surface area contributed by atoms with Crippen molar-refractivity contribution in [2.75, 3.05) is 18.0 Å². The zero-order valence-electron chi connectivity index (χ0n) is 10.3. The molecule has 0 bridgehead atoms. The fraction of sp³-hybridized carbons (Fsp3) is 0.636. The average molecular weight is 251 g/mol. The summed E-state index contributed by atoms with van der Waals surface area (Å²) in [5.41, 5.74) is 5.95. The van der Waals surface area contributed by atoms with Crippen molar-refractivity contribution < 1.29 is 4.92 Å². The third-order valence-electron chi connectivity index (χ3n) is 3.44. The second kappa shape index (κ2) is 5.26. The van der Waals surface area contributed by atoms with Crippen LogP contribution in [0.4, 0.5) is 11.6 Å². The molecule has 0 amide bonds. The molecule has 1 saturated heterocycles. The summed E-state index contributed by atoms with van der Waals surface area (Å²) in [7, 11) is 0. The lowest BCUT2D eigenvalue weighted by Crippen LogP contribution is -2.47. The predicted octanol–water partition coefficient (Wildman–Crippen LogP) is 0.948. The molecule has 2 N–H and O–H groups in total. The number of anilines is 1. The molecule has 1 aliphatic heterocycles. The van der Waals surface area contributed by atoms with Gasteiger partial charge in [0.1, 0.15) is 12.4 Å². The minimum absolute atomic E-state index is 0.0838. The first-order valence-corrected chi connectivity index (χ1v) is 6.08. The van der Waals surface area contributed by atoms with E-state index in [-0.39, 0.29) is 11.7 Å². The standard InChI is InChI=1S/C11H17N5O2/c1-2-8-7-15(4-3-10(8)12)11-13-5-9(6-14-11)16(17)18/h5-6,8,10H,2-4,7,12H2,1H3. The first-order valence-electron chi connectivity index (χ1n) is 6.08. The molecule has 1 aliphatic rings. The van der Waals surface area contributed by atoms with Crippen molar-refractivity contribution in [1.29, 1.82) is 0 Å². The van der Waals surface area contributed by atoms with Crippen molar-refractivity contribution in [2.45, 2.75) is 25.8 Å². The van der Waals surface area contributed by atoms with Crippen LogP contribution in [0.1, 0.15) is 19.8 Å². The van der Waals surface area contributed by atoms with Crippen LogP contribution in [0, 0.1) is 16.0 Å². The maximum absolute atomic E-state index is 10.5. The number of hydrogen-bond donors (Lipinski definition) is 1. The predicted molar refractivity (Wildman–Crippen MR) is 67.3 cm³/mol. The van der Waals surface area contributed by atoms with Gasteiger partial charge in [0.15, 0.2) is 0 Å². The summed E-state index contributed by atoms with van der Waals surface area (Å²) in [6.45, 7) is 3.73. The topological polar surface area (TPSA) is 98.2 Å². The quantitative estimate of drug-likeness (QED) is 0.634. The Morgan fingerprint density at radius 1 is 1.56 bits per heavy atom. The van der Waals surface area contributed by atoms with Crippen LogP contribution in [0.25, 0.3) is 0 Å². The Morgan fingerprint density at radius 3 is 2.78 bits per heavy atom. The van der Waals surface area contributed by atoms with Crippen molar-refractivity contribution in [2.24, 2.45) is 11.7 Å². The largest absolute Gasteiger partial charge is 0.340 e. The van der Waals surface area contributed by atoms with Gasteiger partial charge < -0.3 is 10.6 Å². The SMILES string of the molecule is CCC1CN(c2ncc([N+](=O)[O-])cn2)CCC1N. The van der Waals surface area contributed by atoms with Gasteiger partial charge in [0.2, 0.25) is 5.95 Å². The van der Waals surface area contributed by atoms with E-state index in [9.17, 15) is 10.1 Å². The highest BCUT2D eigenvalue weighted by atomic mass is 16.6. The second-order valence-electron chi connectivity index (χ2n) is 4.57. The zero-order chi connectivity index (χ0) is 13.1. The number of piperidine rings is 1. The third-order valence-corrected chi connectivity index (χ3v) is 3.44. The molecule has 0 aliphatic carbocycles. The Bertz CT molecular complexity index is 422. The van der Waals surface area contributed by atoms with Crippen molar-refractivity contribution in [1.82, 2.24) is 9.97 Å². The molecule has 98 valence electrons. The Balaban J connectivity index is 2.09. The molecule has 0 spiro atoms. The Morgan fingerprint density at radius 2 is 2.22 bits per heavy atom. The highest BCUT2D eigenvalue weighted by molar-refractivity contribution is 5.34. The van der Waals surface area contributed by atoms with Crippen LogP contribution in [0.15, 0.2) is 12.4 Å². The van der Waals surface area contributed by atoms with Gasteiger partial charge in [0, 0.05) is 19.1 Å². The minimum atomic E-state index is -0.495. The molecule has 2 rings (SSSR count). The van der Waals surface area contributed by atoms with Gasteiger partial charge in [-0.2, -0.15) is 0 Å². The van der Waals surface area contributed by atoms with Gasteiger partial charge in [-0.15, -0.1) is 0 Å². The molecule has 1 fully saturated rings. The average Bonchev–Trinajstić information content (AvgIpc) is 2.39. The number of nitrogens with zero attached hydrogens (tertiary/aromatic N) is 4. The molecule has 2 unspecified atom stereocenters. The molecule has 1 aromatic rings. The summed E-state index contributed by atoms with van der Waals surface area (Å²) in [5.74, 6) is 0.975. The van der Waals surface area contributed by atoms with Crippen LogP contribution in [0.2, 0.25) is 0 Å². The van der Waals surface area contributed by atoms with Gasteiger partial charge in [-0.3, -0.25) is 10.1 Å². The molecule has 0 radical (unpaired) electrons. The van der Waals surface area contributed by atoms with E-state index in [0.717, 1.165) is 25.9 Å². The summed E-state index contributed by atoms with van der Waals surface area (Å²) in [5, 5.41) is 10.5. The van der Waals surface area contributed by atoms with Crippen molar-refractivity contribution >= 4 is 11.6 Å². The molecule has 18 heavy (non-hydrogen) atoms. The minimum Gasteiger partial charge on any atom is -0.340 e. The van der Waals surface area contributed by atoms with Crippen molar-refractivity contribution in [3.05, 3.63) is 22.5 Å². The van der Waals surface area contributed by atoms with E-state index >= 15 is 0 Å². The number of nitrogens with two attached hydrogens (primary N) is 1. The highest BCUT2D eigenvalue weighted by Crippen LogP contribution is 2.22. The number of hydrogen-bond acceptors (Lipinski definition) is 6. The monoisotopic (exact) mass is 251 g/mol. The van der Waals surface area contributed by atoms with Gasteiger partial charge in [-0.25, -0.2) is 9.97 Å². The molecule has 2 atom stereocenters. The van der Waals surface area contributed by atoms with E-state index in [1.165, 1.54) is 12.4 Å². The first kappa shape index (κ1) is 12.7. The van der Waals surface area contributed by atoms with Crippen molar-refractivity contribution in [3.8, 4) is 0 Å². The van der Waals surface area contributed by atoms with E-state index in [1.807, 2.05) is 4.90 Å². The summed E-state index contributed by atoms with van der Waals surface area (Å²) < 4.78 is 0. The molecule has 2 heterocycles. The van der Waals surface area contributed by atoms with Gasteiger partial charge in [-0.05, 0) is 12.3 Å². The molecule has 0 saturated carbocycles. The van der Waals surface area contributed by atoms with Crippen LogP contribution in [-0.4, -0.2) is 34.0 Å². The highest BCUT2D eigenvalue weighted by Gasteiger charge is 2.26. The van der Waals surface area contributed by atoms with Crippen LogP contribution < -0.4 is 10.6 Å². The lowest BCUT2D eigenvalue weighted by atomic mass is 9.91. The Labute approximate surface area is 105 Å². The fourth-order valence-electron chi connectivity index (χ4n) is 2.24. The lowest BCUT2D eigenvalue weighted by Gasteiger charge is -2.36. The summed E-state index contributed by atoms with van der Waals surface area (Å²) in [6, 6.07) is 0.226. The van der Waals surface area contributed by atoms with E-state index in [2.05, 4.69) is 16.9 Å². The zero-order valence-corrected chi connectivity index (χ0v) is 10.3. The maximum Gasteiger partial charge on any atom is 0.305 e. The number of nitro groups is 1. The van der Waals surface area contributed by atoms with E-state index < -0.39 is 4.92 Å². The maximum atomic E-state index is 10.5. The van der Waals surface area contributed by atoms with Crippen LogP contribution in [0.5, 0.6) is 0 Å². The van der Waals surface area contributed by atoms with E-state index in [0.29, 0.717) is 11.9 Å². The van der Waals surface area contributed by atoms with Crippen LogP contribution >= 0.6 is 0 Å². The molecular weight excluding hydrogens is 234 g/mol. The summed E-state index contributed by atoms with van der Waals surface area (Å²) in [4.78, 5) is 20.2. The molecule has 7 heteroatoms. The molecule has 0 aromatic carbocycles. The normalized spacial score (nSPS) is 24.0. The van der Waals surface area contributed by atoms with Gasteiger partial charge in [-0.1, -0.05) is 13.3 Å². The summed E-state index contributed by atoms with van der Waals surface area (Å²) in [6.07, 6.45) is 4.42. The first-order chi connectivity index (χ1) is 8.61. The molecular formula is C11H17N5O2. The van der Waals surface area contributed by atoms with Gasteiger partial charge >= 0.3 is 5.69 Å². The smallest absolute Gasteiger partial charge is 0.305 e. The number of aromatic nitrogens is 2. The molecule has 7 nitrogen and oxygen atoms in total. The van der Waals surface area contributed by atoms with E-state index in [4.69, 9.17) is 5.73 Å². The molecule has 1 aromatic heterocycles. The van der Waals surface area contributed by atoms with Crippen LogP contribution in [-0.2, 0) is 0 Å². The van der Waals surface area contributed by atoms with E-state index in [1.54, 1.807) is 0 Å².